The SMILES string of the molecule is Cc1cc(F)ccc1C1=C(c2ccc(CC3CN(CCCF)C3)cc2)c2ccc3[nH]ccc3c2CCC1. The van der Waals surface area contributed by atoms with Gasteiger partial charge in [0.2, 0.25) is 0 Å². The van der Waals surface area contributed by atoms with E-state index in [0.717, 1.165) is 56.4 Å². The largest absolute Gasteiger partial charge is 0.361 e. The number of hydrogen-bond donors (Lipinski definition) is 1. The van der Waals surface area contributed by atoms with Crippen LogP contribution in [0, 0.1) is 18.7 Å². The van der Waals surface area contributed by atoms with Crippen LogP contribution in [0.2, 0.25) is 0 Å². The Morgan fingerprint density at radius 3 is 2.54 bits per heavy atom. The van der Waals surface area contributed by atoms with Gasteiger partial charge in [-0.3, -0.25) is 4.39 Å². The molecule has 1 aliphatic heterocycles. The first kappa shape index (κ1) is 24.1. The van der Waals surface area contributed by atoms with E-state index in [1.54, 1.807) is 12.1 Å². The topological polar surface area (TPSA) is 19.0 Å². The maximum Gasteiger partial charge on any atom is 0.123 e. The van der Waals surface area contributed by atoms with E-state index in [9.17, 15) is 8.78 Å². The van der Waals surface area contributed by atoms with Crippen molar-refractivity contribution in [2.24, 2.45) is 5.92 Å². The highest BCUT2D eigenvalue weighted by Crippen LogP contribution is 2.42. The van der Waals surface area contributed by atoms with E-state index in [1.165, 1.54) is 44.3 Å². The summed E-state index contributed by atoms with van der Waals surface area (Å²) in [6.45, 7) is 4.81. The number of rotatable bonds is 7. The predicted molar refractivity (Wildman–Crippen MR) is 149 cm³/mol. The zero-order valence-electron chi connectivity index (χ0n) is 21.5. The Kier molecular flexibility index (Phi) is 6.69. The van der Waals surface area contributed by atoms with Gasteiger partial charge in [0.25, 0.3) is 0 Å². The number of aromatic nitrogens is 1. The van der Waals surface area contributed by atoms with Gasteiger partial charge in [-0.15, -0.1) is 0 Å². The molecule has 0 radical (unpaired) electrons. The van der Waals surface area contributed by atoms with E-state index >= 15 is 0 Å². The summed E-state index contributed by atoms with van der Waals surface area (Å²) in [5.74, 6) is 0.470. The number of benzene rings is 3. The maximum atomic E-state index is 14.0. The van der Waals surface area contributed by atoms with Gasteiger partial charge in [0, 0.05) is 36.7 Å². The second-order valence-corrected chi connectivity index (χ2v) is 10.8. The number of fused-ring (bicyclic) bond motifs is 3. The molecule has 4 heteroatoms. The minimum Gasteiger partial charge on any atom is -0.361 e. The molecule has 0 saturated carbocycles. The molecule has 1 N–H and O–H groups in total. The Morgan fingerprint density at radius 1 is 0.946 bits per heavy atom. The maximum absolute atomic E-state index is 14.0. The molecule has 0 amide bonds. The van der Waals surface area contributed by atoms with Crippen LogP contribution in [0.15, 0.2) is 66.9 Å². The molecule has 1 fully saturated rings. The number of nitrogens with zero attached hydrogens (tertiary/aromatic N) is 1. The molecule has 1 saturated heterocycles. The predicted octanol–water partition coefficient (Wildman–Crippen LogP) is 7.74. The van der Waals surface area contributed by atoms with Crippen molar-refractivity contribution >= 4 is 22.0 Å². The number of halogens is 2. The average Bonchev–Trinajstić information content (AvgIpc) is 3.27. The van der Waals surface area contributed by atoms with Gasteiger partial charge in [-0.1, -0.05) is 36.4 Å². The zero-order valence-corrected chi connectivity index (χ0v) is 21.5. The van der Waals surface area contributed by atoms with Crippen LogP contribution in [0.4, 0.5) is 8.78 Å². The highest BCUT2D eigenvalue weighted by atomic mass is 19.1. The van der Waals surface area contributed by atoms with Gasteiger partial charge in [0.05, 0.1) is 6.67 Å². The Hall–Kier alpha value is -3.24. The summed E-state index contributed by atoms with van der Waals surface area (Å²) in [6.07, 6.45) is 6.78. The van der Waals surface area contributed by atoms with Crippen LogP contribution in [-0.4, -0.2) is 36.2 Å². The van der Waals surface area contributed by atoms with Crippen molar-refractivity contribution in [3.05, 3.63) is 106 Å². The third-order valence-electron chi connectivity index (χ3n) is 8.19. The third-order valence-corrected chi connectivity index (χ3v) is 8.19. The highest BCUT2D eigenvalue weighted by molar-refractivity contribution is 6.03. The molecular weight excluding hydrogens is 462 g/mol. The molecule has 2 heterocycles. The molecule has 37 heavy (non-hydrogen) atoms. The van der Waals surface area contributed by atoms with Crippen molar-refractivity contribution in [1.82, 2.24) is 9.88 Å². The van der Waals surface area contributed by atoms with E-state index < -0.39 is 0 Å². The molecule has 2 nitrogen and oxygen atoms in total. The fourth-order valence-corrected chi connectivity index (χ4v) is 6.41. The third kappa shape index (κ3) is 4.75. The second kappa shape index (κ2) is 10.3. The fourth-order valence-electron chi connectivity index (χ4n) is 6.41. The van der Waals surface area contributed by atoms with Gasteiger partial charge in [0.15, 0.2) is 0 Å². The van der Waals surface area contributed by atoms with E-state index in [2.05, 4.69) is 52.3 Å². The highest BCUT2D eigenvalue weighted by Gasteiger charge is 2.26. The smallest absolute Gasteiger partial charge is 0.123 e. The summed E-state index contributed by atoms with van der Waals surface area (Å²) in [5.41, 5.74) is 11.2. The molecule has 190 valence electrons. The zero-order chi connectivity index (χ0) is 25.4. The van der Waals surface area contributed by atoms with Gasteiger partial charge in [-0.05, 0) is 114 Å². The van der Waals surface area contributed by atoms with E-state index in [0.29, 0.717) is 12.3 Å². The monoisotopic (exact) mass is 496 g/mol. The lowest BCUT2D eigenvalue weighted by Crippen LogP contribution is -2.47. The summed E-state index contributed by atoms with van der Waals surface area (Å²) in [4.78, 5) is 5.73. The lowest BCUT2D eigenvalue weighted by molar-refractivity contribution is 0.0968. The Balaban J connectivity index is 1.38. The first-order chi connectivity index (χ1) is 18.1. The normalized spacial score (nSPS) is 16.6. The minimum absolute atomic E-state index is 0.185. The van der Waals surface area contributed by atoms with E-state index in [4.69, 9.17) is 0 Å². The van der Waals surface area contributed by atoms with Gasteiger partial charge in [-0.2, -0.15) is 0 Å². The van der Waals surface area contributed by atoms with Crippen molar-refractivity contribution < 1.29 is 8.78 Å². The Morgan fingerprint density at radius 2 is 1.76 bits per heavy atom. The lowest BCUT2D eigenvalue weighted by atomic mass is 9.85. The average molecular weight is 497 g/mol. The van der Waals surface area contributed by atoms with E-state index in [1.807, 2.05) is 19.2 Å². The van der Waals surface area contributed by atoms with Crippen LogP contribution in [0.1, 0.15) is 52.6 Å². The van der Waals surface area contributed by atoms with E-state index in [-0.39, 0.29) is 12.5 Å². The minimum atomic E-state index is -0.226. The number of aromatic amines is 1. The molecule has 1 aliphatic carbocycles. The fraction of sp³-hybridized carbons (Fsp3) is 0.333. The summed E-state index contributed by atoms with van der Waals surface area (Å²) in [6, 6.07) is 21.0. The van der Waals surface area contributed by atoms with Gasteiger partial charge in [-0.25, -0.2) is 4.39 Å². The Bertz CT molecular complexity index is 1440. The Labute approximate surface area is 218 Å². The first-order valence-electron chi connectivity index (χ1n) is 13.6. The lowest BCUT2D eigenvalue weighted by Gasteiger charge is -2.39. The van der Waals surface area contributed by atoms with Crippen LogP contribution in [0.5, 0.6) is 0 Å². The van der Waals surface area contributed by atoms with Gasteiger partial charge < -0.3 is 9.88 Å². The number of aryl methyl sites for hydroxylation is 2. The van der Waals surface area contributed by atoms with Crippen molar-refractivity contribution in [3.63, 3.8) is 0 Å². The van der Waals surface area contributed by atoms with Crippen molar-refractivity contribution in [1.29, 1.82) is 0 Å². The second-order valence-electron chi connectivity index (χ2n) is 10.8. The number of allylic oxidation sites excluding steroid dienone is 1. The van der Waals surface area contributed by atoms with Crippen LogP contribution >= 0.6 is 0 Å². The van der Waals surface area contributed by atoms with Crippen molar-refractivity contribution in [3.8, 4) is 0 Å². The van der Waals surface area contributed by atoms with Crippen LogP contribution in [0.3, 0.4) is 0 Å². The molecule has 0 spiro atoms. The quantitative estimate of drug-likeness (QED) is 0.277. The molecule has 0 bridgehead atoms. The first-order valence-corrected chi connectivity index (χ1v) is 13.6. The summed E-state index contributed by atoms with van der Waals surface area (Å²) >= 11 is 0. The number of H-pyrrole nitrogens is 1. The molecule has 0 unspecified atom stereocenters. The van der Waals surface area contributed by atoms with Crippen LogP contribution in [-0.2, 0) is 12.8 Å². The van der Waals surface area contributed by atoms with Crippen molar-refractivity contribution in [2.75, 3.05) is 26.3 Å². The standard InChI is InChI=1S/C33H34F2N2/c1-22-18-26(35)10-11-27(22)30-5-2-4-28-29-14-16-36-32(29)13-12-31(28)33(30)25-8-6-23(7-9-25)19-24-20-37(21-24)17-3-15-34/h6-14,16,18,24,36H,2-5,15,17,19-21H2,1H3. The molecule has 6 rings (SSSR count). The summed E-state index contributed by atoms with van der Waals surface area (Å²) in [7, 11) is 0. The number of alkyl halides is 1. The summed E-state index contributed by atoms with van der Waals surface area (Å²) in [5, 5.41) is 1.30. The van der Waals surface area contributed by atoms with Gasteiger partial charge >= 0.3 is 0 Å². The van der Waals surface area contributed by atoms with Crippen LogP contribution < -0.4 is 0 Å². The van der Waals surface area contributed by atoms with Gasteiger partial charge in [0.1, 0.15) is 5.82 Å². The molecule has 3 aromatic carbocycles. The van der Waals surface area contributed by atoms with Crippen LogP contribution in [0.25, 0.3) is 22.0 Å². The number of likely N-dealkylation sites (tertiary alicyclic amines) is 1. The molecule has 1 aromatic heterocycles. The molecular formula is C33H34F2N2. The molecule has 0 atom stereocenters. The molecule has 2 aliphatic rings. The molecule has 4 aromatic rings. The summed E-state index contributed by atoms with van der Waals surface area (Å²) < 4.78 is 26.5. The number of hydrogen-bond acceptors (Lipinski definition) is 1. The van der Waals surface area contributed by atoms with Crippen molar-refractivity contribution in [2.45, 2.75) is 39.0 Å². The number of nitrogens with one attached hydrogen (secondary N) is 1.